The highest BCUT2D eigenvalue weighted by Crippen LogP contribution is 2.32. The highest BCUT2D eigenvalue weighted by Gasteiger charge is 2.22. The Morgan fingerprint density at radius 3 is 2.61 bits per heavy atom. The zero-order valence-corrected chi connectivity index (χ0v) is 13.5. The molecule has 0 atom stereocenters. The van der Waals surface area contributed by atoms with Crippen LogP contribution in [-0.2, 0) is 0 Å². The van der Waals surface area contributed by atoms with Crippen LogP contribution in [0.25, 0.3) is 0 Å². The van der Waals surface area contributed by atoms with E-state index in [1.165, 1.54) is 25.7 Å². The summed E-state index contributed by atoms with van der Waals surface area (Å²) >= 11 is 0. The summed E-state index contributed by atoms with van der Waals surface area (Å²) in [6.45, 7) is 0. The van der Waals surface area contributed by atoms with E-state index in [2.05, 4.69) is 23.3 Å². The molecule has 4 nitrogen and oxygen atoms in total. The summed E-state index contributed by atoms with van der Waals surface area (Å²) < 4.78 is 0. The molecule has 23 heavy (non-hydrogen) atoms. The molecule has 0 spiro atoms. The average Bonchev–Trinajstić information content (AvgIpc) is 3.09. The van der Waals surface area contributed by atoms with Gasteiger partial charge < -0.3 is 16.0 Å². The number of nitrogens with one attached hydrogen (secondary N) is 1. The summed E-state index contributed by atoms with van der Waals surface area (Å²) in [6, 6.07) is 15.6. The molecule has 0 unspecified atom stereocenters. The normalized spacial score (nSPS) is 14.7. The Hall–Kier alpha value is -2.49. The summed E-state index contributed by atoms with van der Waals surface area (Å²) in [5.74, 6) is -0.135. The SMILES string of the molecule is CN(c1ccccc1NC(=O)c1cccc(N)c1)C1CCCC1. The molecule has 0 bridgehead atoms. The zero-order valence-electron chi connectivity index (χ0n) is 13.5. The molecule has 0 radical (unpaired) electrons. The molecular weight excluding hydrogens is 286 g/mol. The molecule has 0 saturated heterocycles. The highest BCUT2D eigenvalue weighted by molar-refractivity contribution is 6.06. The van der Waals surface area contributed by atoms with Crippen molar-refractivity contribution in [3.05, 3.63) is 54.1 Å². The number of nitrogens with zero attached hydrogens (tertiary/aromatic N) is 1. The largest absolute Gasteiger partial charge is 0.399 e. The van der Waals surface area contributed by atoms with E-state index in [0.29, 0.717) is 17.3 Å². The molecule has 1 amide bonds. The van der Waals surface area contributed by atoms with E-state index in [9.17, 15) is 4.79 Å². The fraction of sp³-hybridized carbons (Fsp3) is 0.316. The minimum Gasteiger partial charge on any atom is -0.399 e. The maximum Gasteiger partial charge on any atom is 0.255 e. The van der Waals surface area contributed by atoms with E-state index in [1.54, 1.807) is 24.3 Å². The van der Waals surface area contributed by atoms with E-state index in [4.69, 9.17) is 5.73 Å². The van der Waals surface area contributed by atoms with E-state index < -0.39 is 0 Å². The van der Waals surface area contributed by atoms with Crippen molar-refractivity contribution in [2.75, 3.05) is 23.0 Å². The second-order valence-corrected chi connectivity index (χ2v) is 6.15. The fourth-order valence-corrected chi connectivity index (χ4v) is 3.25. The minimum atomic E-state index is -0.135. The van der Waals surface area contributed by atoms with Crippen LogP contribution in [0.3, 0.4) is 0 Å². The van der Waals surface area contributed by atoms with Crippen LogP contribution in [0.2, 0.25) is 0 Å². The van der Waals surface area contributed by atoms with Gasteiger partial charge in [-0.15, -0.1) is 0 Å². The number of carbonyl (C=O) groups is 1. The molecule has 2 aromatic carbocycles. The third-order valence-corrected chi connectivity index (χ3v) is 4.55. The molecule has 0 aliphatic heterocycles. The summed E-state index contributed by atoms with van der Waals surface area (Å²) in [4.78, 5) is 14.8. The first-order valence-corrected chi connectivity index (χ1v) is 8.14. The summed E-state index contributed by atoms with van der Waals surface area (Å²) in [5.41, 5.74) is 8.83. The van der Waals surface area contributed by atoms with Gasteiger partial charge in [0.25, 0.3) is 5.91 Å². The number of benzene rings is 2. The monoisotopic (exact) mass is 309 g/mol. The third-order valence-electron chi connectivity index (χ3n) is 4.55. The predicted octanol–water partition coefficient (Wildman–Crippen LogP) is 3.90. The average molecular weight is 309 g/mol. The van der Waals surface area contributed by atoms with Gasteiger partial charge in [0.1, 0.15) is 0 Å². The smallest absolute Gasteiger partial charge is 0.255 e. The fourth-order valence-electron chi connectivity index (χ4n) is 3.25. The molecule has 120 valence electrons. The van der Waals surface area contributed by atoms with Crippen molar-refractivity contribution >= 4 is 23.0 Å². The minimum absolute atomic E-state index is 0.135. The van der Waals surface area contributed by atoms with Gasteiger partial charge in [-0.1, -0.05) is 31.0 Å². The van der Waals surface area contributed by atoms with Crippen LogP contribution in [0.4, 0.5) is 17.1 Å². The number of para-hydroxylation sites is 2. The maximum atomic E-state index is 12.5. The highest BCUT2D eigenvalue weighted by atomic mass is 16.1. The van der Waals surface area contributed by atoms with Crippen molar-refractivity contribution in [3.8, 4) is 0 Å². The number of nitrogens with two attached hydrogens (primary N) is 1. The van der Waals surface area contributed by atoms with E-state index in [-0.39, 0.29) is 5.91 Å². The number of amides is 1. The molecule has 4 heteroatoms. The van der Waals surface area contributed by atoms with Crippen LogP contribution in [0.15, 0.2) is 48.5 Å². The Balaban J connectivity index is 1.81. The topological polar surface area (TPSA) is 58.4 Å². The van der Waals surface area contributed by atoms with E-state index >= 15 is 0 Å². The first-order chi connectivity index (χ1) is 11.1. The van der Waals surface area contributed by atoms with Crippen LogP contribution in [0.5, 0.6) is 0 Å². The predicted molar refractivity (Wildman–Crippen MR) is 95.9 cm³/mol. The molecule has 1 fully saturated rings. The summed E-state index contributed by atoms with van der Waals surface area (Å²) in [5, 5.41) is 3.02. The van der Waals surface area contributed by atoms with Crippen molar-refractivity contribution in [1.29, 1.82) is 0 Å². The second-order valence-electron chi connectivity index (χ2n) is 6.15. The molecule has 3 rings (SSSR count). The lowest BCUT2D eigenvalue weighted by atomic mass is 10.1. The van der Waals surface area contributed by atoms with Gasteiger partial charge in [-0.3, -0.25) is 4.79 Å². The second kappa shape index (κ2) is 6.73. The van der Waals surface area contributed by atoms with Crippen molar-refractivity contribution in [2.24, 2.45) is 0 Å². The van der Waals surface area contributed by atoms with Crippen LogP contribution in [-0.4, -0.2) is 19.0 Å². The number of hydrogen-bond donors (Lipinski definition) is 2. The van der Waals surface area contributed by atoms with E-state index in [1.807, 2.05) is 18.2 Å². The lowest BCUT2D eigenvalue weighted by Gasteiger charge is -2.28. The number of nitrogen functional groups attached to an aromatic ring is 1. The molecule has 1 aliphatic carbocycles. The van der Waals surface area contributed by atoms with E-state index in [0.717, 1.165) is 11.4 Å². The van der Waals surface area contributed by atoms with Crippen molar-refractivity contribution in [3.63, 3.8) is 0 Å². The molecule has 1 saturated carbocycles. The zero-order chi connectivity index (χ0) is 16.2. The molecular formula is C19H23N3O. The standard InChI is InChI=1S/C19H23N3O/c1-22(16-9-2-3-10-16)18-12-5-4-11-17(18)21-19(23)14-7-6-8-15(20)13-14/h4-8,11-13,16H,2-3,9-10,20H2,1H3,(H,21,23). The summed E-state index contributed by atoms with van der Waals surface area (Å²) in [6.07, 6.45) is 5.00. The van der Waals surface area contributed by atoms with Crippen LogP contribution < -0.4 is 16.0 Å². The van der Waals surface area contributed by atoms with Crippen molar-refractivity contribution in [2.45, 2.75) is 31.7 Å². The number of hydrogen-bond acceptors (Lipinski definition) is 3. The maximum absolute atomic E-state index is 12.5. The Morgan fingerprint density at radius 1 is 1.13 bits per heavy atom. The Morgan fingerprint density at radius 2 is 1.87 bits per heavy atom. The first-order valence-electron chi connectivity index (χ1n) is 8.14. The van der Waals surface area contributed by atoms with Gasteiger partial charge in [-0.2, -0.15) is 0 Å². The van der Waals surface area contributed by atoms with Crippen LogP contribution in [0.1, 0.15) is 36.0 Å². The van der Waals surface area contributed by atoms with Gasteiger partial charge in [0, 0.05) is 24.3 Å². The third kappa shape index (κ3) is 3.47. The molecule has 0 heterocycles. The Bertz CT molecular complexity index is 693. The van der Waals surface area contributed by atoms with Crippen LogP contribution in [0, 0.1) is 0 Å². The quantitative estimate of drug-likeness (QED) is 0.842. The lowest BCUT2D eigenvalue weighted by molar-refractivity contribution is 0.102. The number of anilines is 3. The number of carbonyl (C=O) groups excluding carboxylic acids is 1. The van der Waals surface area contributed by atoms with Gasteiger partial charge in [0.15, 0.2) is 0 Å². The van der Waals surface area contributed by atoms with Crippen molar-refractivity contribution < 1.29 is 4.79 Å². The molecule has 2 aromatic rings. The van der Waals surface area contributed by atoms with Gasteiger partial charge in [0.05, 0.1) is 11.4 Å². The van der Waals surface area contributed by atoms with Gasteiger partial charge in [0.2, 0.25) is 0 Å². The number of rotatable bonds is 4. The van der Waals surface area contributed by atoms with Gasteiger partial charge >= 0.3 is 0 Å². The molecule has 3 N–H and O–H groups in total. The molecule has 0 aromatic heterocycles. The van der Waals surface area contributed by atoms with Crippen LogP contribution >= 0.6 is 0 Å². The van der Waals surface area contributed by atoms with Crippen molar-refractivity contribution in [1.82, 2.24) is 0 Å². The Kier molecular flexibility index (Phi) is 4.51. The summed E-state index contributed by atoms with van der Waals surface area (Å²) in [7, 11) is 2.11. The first kappa shape index (κ1) is 15.4. The van der Waals surface area contributed by atoms with Gasteiger partial charge in [-0.05, 0) is 43.2 Å². The lowest BCUT2D eigenvalue weighted by Crippen LogP contribution is -2.29. The molecule has 1 aliphatic rings. The Labute approximate surface area is 137 Å². The van der Waals surface area contributed by atoms with Gasteiger partial charge in [-0.25, -0.2) is 0 Å².